The van der Waals surface area contributed by atoms with Crippen molar-refractivity contribution in [2.45, 2.75) is 69.2 Å². The highest BCUT2D eigenvalue weighted by Gasteiger charge is 2.41. The van der Waals surface area contributed by atoms with Crippen molar-refractivity contribution < 1.29 is 35.5 Å². The predicted octanol–water partition coefficient (Wildman–Crippen LogP) is 5.89. The molecule has 0 unspecified atom stereocenters. The van der Waals surface area contributed by atoms with E-state index in [0.717, 1.165) is 63.0 Å². The van der Waals surface area contributed by atoms with E-state index in [-0.39, 0.29) is 29.5 Å². The largest absolute Gasteiger partial charge is 0.493 e. The van der Waals surface area contributed by atoms with Gasteiger partial charge in [0.1, 0.15) is 11.6 Å². The standard InChI is InChI=1S/C27H29ClF4N2O4S/c1-39(36,37)33-26(35)22-11-21(16-2-3-16)25(12-24(22)29)38-14-15-8-19-5-6-20(9-15)34(19)13-17-10-18(27(30,31)32)4-7-23(17)28/h4,7,10-12,15-16,19-20H,2-3,5-6,8-9,13-14H2,1H3,(H,33,35)/t15-,19-,20+. The van der Waals surface area contributed by atoms with Gasteiger partial charge in [0.15, 0.2) is 0 Å². The number of rotatable bonds is 8. The molecular weight excluding hydrogens is 560 g/mol. The van der Waals surface area contributed by atoms with Crippen molar-refractivity contribution >= 4 is 27.5 Å². The Labute approximate surface area is 229 Å². The number of nitrogens with zero attached hydrogens (tertiary/aromatic N) is 1. The second-order valence-corrected chi connectivity index (χ2v) is 13.0. The smallest absolute Gasteiger partial charge is 0.416 e. The highest BCUT2D eigenvalue weighted by atomic mass is 35.5. The third-order valence-electron chi connectivity index (χ3n) is 7.82. The lowest BCUT2D eigenvalue weighted by atomic mass is 9.90. The van der Waals surface area contributed by atoms with Crippen molar-refractivity contribution in [3.8, 4) is 5.75 Å². The maximum absolute atomic E-state index is 14.8. The first-order valence-electron chi connectivity index (χ1n) is 12.9. The molecule has 3 fully saturated rings. The molecule has 0 aromatic heterocycles. The van der Waals surface area contributed by atoms with Crippen molar-refractivity contribution in [1.82, 2.24) is 9.62 Å². The van der Waals surface area contributed by atoms with E-state index in [1.807, 2.05) is 0 Å². The van der Waals surface area contributed by atoms with Crippen molar-refractivity contribution in [1.29, 1.82) is 0 Å². The Morgan fingerprint density at radius 3 is 2.36 bits per heavy atom. The van der Waals surface area contributed by atoms with E-state index in [0.29, 0.717) is 35.1 Å². The molecule has 12 heteroatoms. The second kappa shape index (κ2) is 10.6. The highest BCUT2D eigenvalue weighted by Crippen LogP contribution is 2.46. The number of sulfonamides is 1. The van der Waals surface area contributed by atoms with Crippen LogP contribution in [0.2, 0.25) is 5.02 Å². The number of carbonyl (C=O) groups is 1. The third kappa shape index (κ3) is 6.52. The van der Waals surface area contributed by atoms with Crippen LogP contribution in [0.25, 0.3) is 0 Å². The van der Waals surface area contributed by atoms with Crippen LogP contribution in [0.1, 0.15) is 71.5 Å². The molecule has 2 saturated heterocycles. The van der Waals surface area contributed by atoms with Crippen LogP contribution in [-0.4, -0.2) is 44.2 Å². The summed E-state index contributed by atoms with van der Waals surface area (Å²) in [6.07, 6.45) is 1.59. The lowest BCUT2D eigenvalue weighted by molar-refractivity contribution is -0.137. The van der Waals surface area contributed by atoms with Crippen LogP contribution in [0.15, 0.2) is 30.3 Å². The Balaban J connectivity index is 1.25. The topological polar surface area (TPSA) is 75.7 Å². The highest BCUT2D eigenvalue weighted by molar-refractivity contribution is 7.89. The van der Waals surface area contributed by atoms with Gasteiger partial charge in [0.05, 0.1) is 24.0 Å². The molecule has 2 heterocycles. The monoisotopic (exact) mass is 588 g/mol. The predicted molar refractivity (Wildman–Crippen MR) is 138 cm³/mol. The summed E-state index contributed by atoms with van der Waals surface area (Å²) in [6, 6.07) is 6.33. The quantitative estimate of drug-likeness (QED) is 0.390. The van der Waals surface area contributed by atoms with Gasteiger partial charge in [-0.05, 0) is 85.8 Å². The first kappa shape index (κ1) is 28.2. The zero-order valence-electron chi connectivity index (χ0n) is 21.2. The number of ether oxygens (including phenoxy) is 1. The average Bonchev–Trinajstić information content (AvgIpc) is 3.64. The minimum Gasteiger partial charge on any atom is -0.493 e. The molecule has 2 bridgehead atoms. The second-order valence-electron chi connectivity index (χ2n) is 10.9. The molecule has 2 aliphatic heterocycles. The molecule has 1 N–H and O–H groups in total. The van der Waals surface area contributed by atoms with E-state index in [1.165, 1.54) is 12.1 Å². The van der Waals surface area contributed by atoms with E-state index in [4.69, 9.17) is 16.3 Å². The first-order chi connectivity index (χ1) is 18.3. The molecule has 39 heavy (non-hydrogen) atoms. The summed E-state index contributed by atoms with van der Waals surface area (Å²) >= 11 is 6.25. The maximum Gasteiger partial charge on any atom is 0.416 e. The number of nitrogens with one attached hydrogen (secondary N) is 1. The molecule has 212 valence electrons. The minimum absolute atomic E-state index is 0.126. The van der Waals surface area contributed by atoms with Gasteiger partial charge < -0.3 is 4.74 Å². The van der Waals surface area contributed by atoms with Gasteiger partial charge >= 0.3 is 6.18 Å². The summed E-state index contributed by atoms with van der Waals surface area (Å²) in [5.41, 5.74) is 0.0996. The van der Waals surface area contributed by atoms with Crippen LogP contribution in [0.5, 0.6) is 5.75 Å². The van der Waals surface area contributed by atoms with Crippen LogP contribution in [0, 0.1) is 11.7 Å². The van der Waals surface area contributed by atoms with Gasteiger partial charge in [0.25, 0.3) is 5.91 Å². The lowest BCUT2D eigenvalue weighted by Crippen LogP contribution is -2.43. The van der Waals surface area contributed by atoms with E-state index in [2.05, 4.69) is 4.90 Å². The molecule has 0 radical (unpaired) electrons. The number of benzene rings is 2. The molecule has 3 aliphatic rings. The summed E-state index contributed by atoms with van der Waals surface area (Å²) in [4.78, 5) is 14.5. The summed E-state index contributed by atoms with van der Waals surface area (Å²) in [5, 5.41) is 0.316. The van der Waals surface area contributed by atoms with Crippen LogP contribution in [0.4, 0.5) is 17.6 Å². The average molecular weight is 589 g/mol. The molecule has 6 nitrogen and oxygen atoms in total. The summed E-state index contributed by atoms with van der Waals surface area (Å²) in [6.45, 7) is 0.693. The van der Waals surface area contributed by atoms with E-state index < -0.39 is 33.5 Å². The molecule has 2 aromatic rings. The summed E-state index contributed by atoms with van der Waals surface area (Å²) < 4.78 is 85.2. The number of alkyl halides is 3. The maximum atomic E-state index is 14.8. The van der Waals surface area contributed by atoms with Crippen molar-refractivity contribution in [2.75, 3.05) is 12.9 Å². The Kier molecular flexibility index (Phi) is 7.62. The molecule has 1 aliphatic carbocycles. The van der Waals surface area contributed by atoms with Crippen LogP contribution >= 0.6 is 11.6 Å². The summed E-state index contributed by atoms with van der Waals surface area (Å²) in [5.74, 6) is -1.22. The van der Waals surface area contributed by atoms with Gasteiger partial charge in [-0.15, -0.1) is 0 Å². The molecule has 2 aromatic carbocycles. The zero-order chi connectivity index (χ0) is 28.1. The third-order valence-corrected chi connectivity index (χ3v) is 8.75. The molecule has 3 atom stereocenters. The van der Waals surface area contributed by atoms with E-state index in [9.17, 15) is 30.8 Å². The van der Waals surface area contributed by atoms with Gasteiger partial charge in [0.2, 0.25) is 10.0 Å². The number of fused-ring (bicyclic) bond motifs is 2. The first-order valence-corrected chi connectivity index (χ1v) is 15.1. The fourth-order valence-corrected chi connectivity index (χ4v) is 6.49. The normalized spacial score (nSPS) is 23.6. The molecular formula is C27H29ClF4N2O4S. The lowest BCUT2D eigenvalue weighted by Gasteiger charge is -2.39. The Morgan fingerprint density at radius 1 is 1.10 bits per heavy atom. The SMILES string of the molecule is CS(=O)(=O)NC(=O)c1cc(C2CC2)c(OC[C@@H]2C[C@H]3CC[C@@H](C2)N3Cc2cc(C(F)(F)F)ccc2Cl)cc1F. The zero-order valence-corrected chi connectivity index (χ0v) is 22.8. The number of hydrogen-bond donors (Lipinski definition) is 1. The molecule has 1 saturated carbocycles. The van der Waals surface area contributed by atoms with Crippen molar-refractivity contribution in [2.24, 2.45) is 5.92 Å². The van der Waals surface area contributed by atoms with Crippen LogP contribution in [-0.2, 0) is 22.7 Å². The van der Waals surface area contributed by atoms with E-state index >= 15 is 0 Å². The Hall–Kier alpha value is -2.37. The number of halogens is 5. The fraction of sp³-hybridized carbons (Fsp3) is 0.519. The molecule has 0 spiro atoms. The van der Waals surface area contributed by atoms with Gasteiger partial charge in [-0.25, -0.2) is 17.5 Å². The number of amides is 1. The minimum atomic E-state index is -4.43. The Bertz CT molecular complexity index is 1370. The van der Waals surface area contributed by atoms with Crippen molar-refractivity contribution in [3.05, 3.63) is 63.4 Å². The Morgan fingerprint density at radius 2 is 1.77 bits per heavy atom. The number of hydrogen-bond acceptors (Lipinski definition) is 5. The number of carbonyl (C=O) groups excluding carboxylic acids is 1. The molecule has 1 amide bonds. The van der Waals surface area contributed by atoms with Gasteiger partial charge in [-0.2, -0.15) is 13.2 Å². The van der Waals surface area contributed by atoms with Gasteiger partial charge in [0, 0.05) is 29.7 Å². The van der Waals surface area contributed by atoms with E-state index in [1.54, 1.807) is 4.72 Å². The van der Waals surface area contributed by atoms with Crippen LogP contribution < -0.4 is 9.46 Å². The number of piperidine rings is 1. The molecule has 5 rings (SSSR count). The van der Waals surface area contributed by atoms with Gasteiger partial charge in [-0.1, -0.05) is 11.6 Å². The van der Waals surface area contributed by atoms with Gasteiger partial charge in [-0.3, -0.25) is 9.69 Å². The van der Waals surface area contributed by atoms with Crippen molar-refractivity contribution in [3.63, 3.8) is 0 Å². The summed E-state index contributed by atoms with van der Waals surface area (Å²) in [7, 11) is -3.84. The van der Waals surface area contributed by atoms with Crippen LogP contribution in [0.3, 0.4) is 0 Å². The fourth-order valence-electron chi connectivity index (χ4n) is 5.87.